The minimum Gasteiger partial charge on any atom is -0.487 e. The number of carbonyl (C=O) groups is 1. The van der Waals surface area contributed by atoms with Crippen molar-refractivity contribution in [3.05, 3.63) is 65.0 Å². The Morgan fingerprint density at radius 3 is 2.78 bits per heavy atom. The van der Waals surface area contributed by atoms with Crippen LogP contribution in [0.3, 0.4) is 0 Å². The molecule has 1 fully saturated rings. The predicted molar refractivity (Wildman–Crippen MR) is 101 cm³/mol. The molecule has 0 radical (unpaired) electrons. The molecule has 0 unspecified atom stereocenters. The molecule has 1 N–H and O–H groups in total. The number of hydrogen-bond donors (Lipinski definition) is 1. The number of nitrogens with one attached hydrogen (secondary N) is 1. The molecule has 5 heteroatoms. The maximum Gasteiger partial charge on any atom is 0.251 e. The van der Waals surface area contributed by atoms with Crippen LogP contribution in [0, 0.1) is 5.82 Å². The van der Waals surface area contributed by atoms with Gasteiger partial charge in [0.05, 0.1) is 0 Å². The van der Waals surface area contributed by atoms with E-state index in [1.165, 1.54) is 6.07 Å². The lowest BCUT2D eigenvalue weighted by Crippen LogP contribution is -2.38. The second-order valence-electron chi connectivity index (χ2n) is 7.68. The molecular weight excluding hydrogens is 345 g/mol. The van der Waals surface area contributed by atoms with Crippen molar-refractivity contribution in [2.75, 3.05) is 13.2 Å². The minimum absolute atomic E-state index is 0.0626. The van der Waals surface area contributed by atoms with Gasteiger partial charge in [-0.05, 0) is 55.2 Å². The molecule has 0 bridgehead atoms. The molecule has 1 saturated heterocycles. The van der Waals surface area contributed by atoms with Crippen molar-refractivity contribution in [2.24, 2.45) is 0 Å². The SMILES string of the molecule is C[C@]1(Cc2ccccc2F)Cc2cc(C(=O)NC3CCOCC3)ccc2O1. The summed E-state index contributed by atoms with van der Waals surface area (Å²) in [6.45, 7) is 3.37. The molecule has 27 heavy (non-hydrogen) atoms. The van der Waals surface area contributed by atoms with E-state index in [0.717, 1.165) is 24.2 Å². The zero-order valence-electron chi connectivity index (χ0n) is 15.5. The number of hydrogen-bond acceptors (Lipinski definition) is 3. The molecule has 4 rings (SSSR count). The molecule has 142 valence electrons. The summed E-state index contributed by atoms with van der Waals surface area (Å²) in [4.78, 5) is 12.6. The third-order valence-electron chi connectivity index (χ3n) is 5.32. The van der Waals surface area contributed by atoms with Crippen LogP contribution in [0.1, 0.15) is 41.3 Å². The minimum atomic E-state index is -0.514. The van der Waals surface area contributed by atoms with Crippen molar-refractivity contribution < 1.29 is 18.7 Å². The molecule has 0 aliphatic carbocycles. The van der Waals surface area contributed by atoms with Gasteiger partial charge >= 0.3 is 0 Å². The number of fused-ring (bicyclic) bond motifs is 1. The molecule has 0 aromatic heterocycles. The second-order valence-corrected chi connectivity index (χ2v) is 7.68. The fraction of sp³-hybridized carbons (Fsp3) is 0.409. The highest BCUT2D eigenvalue weighted by atomic mass is 19.1. The normalized spacial score (nSPS) is 22.1. The summed E-state index contributed by atoms with van der Waals surface area (Å²) in [5.74, 6) is 0.499. The molecule has 1 atom stereocenters. The highest BCUT2D eigenvalue weighted by Crippen LogP contribution is 2.37. The van der Waals surface area contributed by atoms with E-state index in [2.05, 4.69) is 5.32 Å². The monoisotopic (exact) mass is 369 g/mol. The number of amides is 1. The lowest BCUT2D eigenvalue weighted by atomic mass is 9.91. The standard InChI is InChI=1S/C22H24FNO3/c1-22(13-16-4-2-3-5-19(16)23)14-17-12-15(6-7-20(17)27-22)21(25)24-18-8-10-26-11-9-18/h2-7,12,18H,8-11,13-14H2,1H3,(H,24,25)/t22-/m0/s1. The molecule has 4 nitrogen and oxygen atoms in total. The molecule has 2 aromatic rings. The smallest absolute Gasteiger partial charge is 0.251 e. The van der Waals surface area contributed by atoms with Crippen LogP contribution < -0.4 is 10.1 Å². The van der Waals surface area contributed by atoms with Crippen molar-refractivity contribution >= 4 is 5.91 Å². The predicted octanol–water partition coefficient (Wildman–Crippen LogP) is 3.67. The van der Waals surface area contributed by atoms with Gasteiger partial charge in [0.1, 0.15) is 17.2 Å². The summed E-state index contributed by atoms with van der Waals surface area (Å²) in [6, 6.07) is 12.5. The Kier molecular flexibility index (Phi) is 4.87. The van der Waals surface area contributed by atoms with E-state index in [1.807, 2.05) is 25.1 Å². The summed E-state index contributed by atoms with van der Waals surface area (Å²) in [7, 11) is 0. The van der Waals surface area contributed by atoms with Crippen molar-refractivity contribution in [1.29, 1.82) is 0 Å². The lowest BCUT2D eigenvalue weighted by Gasteiger charge is -2.24. The van der Waals surface area contributed by atoms with Crippen LogP contribution in [-0.2, 0) is 17.6 Å². The van der Waals surface area contributed by atoms with Crippen molar-refractivity contribution in [3.8, 4) is 5.75 Å². The summed E-state index contributed by atoms with van der Waals surface area (Å²) in [5.41, 5.74) is 1.76. The topological polar surface area (TPSA) is 47.6 Å². The zero-order chi connectivity index (χ0) is 18.9. The summed E-state index contributed by atoms with van der Waals surface area (Å²) in [5, 5.41) is 3.09. The maximum absolute atomic E-state index is 14.0. The Bertz CT molecular complexity index is 847. The molecule has 1 amide bonds. The van der Waals surface area contributed by atoms with Crippen LogP contribution in [0.5, 0.6) is 5.75 Å². The second kappa shape index (κ2) is 7.31. The molecular formula is C22H24FNO3. The summed E-state index contributed by atoms with van der Waals surface area (Å²) in [6.07, 6.45) is 2.83. The third-order valence-corrected chi connectivity index (χ3v) is 5.32. The van der Waals surface area contributed by atoms with E-state index in [9.17, 15) is 9.18 Å². The van der Waals surface area contributed by atoms with E-state index < -0.39 is 5.60 Å². The first-order valence-electron chi connectivity index (χ1n) is 9.46. The number of benzene rings is 2. The average Bonchev–Trinajstić information content (AvgIpc) is 2.99. The largest absolute Gasteiger partial charge is 0.487 e. The first-order chi connectivity index (χ1) is 13.0. The van der Waals surface area contributed by atoms with Gasteiger partial charge in [-0.1, -0.05) is 18.2 Å². The van der Waals surface area contributed by atoms with Crippen molar-refractivity contribution in [2.45, 2.75) is 44.2 Å². The Morgan fingerprint density at radius 2 is 2.00 bits per heavy atom. The van der Waals surface area contributed by atoms with Gasteiger partial charge in [-0.2, -0.15) is 0 Å². The van der Waals surface area contributed by atoms with Crippen LogP contribution >= 0.6 is 0 Å². The lowest BCUT2D eigenvalue weighted by molar-refractivity contribution is 0.0696. The van der Waals surface area contributed by atoms with Gasteiger partial charge in [0.15, 0.2) is 0 Å². The summed E-state index contributed by atoms with van der Waals surface area (Å²) < 4.78 is 25.5. The van der Waals surface area contributed by atoms with Gasteiger partial charge in [-0.25, -0.2) is 4.39 Å². The van der Waals surface area contributed by atoms with E-state index in [-0.39, 0.29) is 17.8 Å². The third kappa shape index (κ3) is 3.98. The molecule has 2 aliphatic heterocycles. The van der Waals surface area contributed by atoms with Crippen LogP contribution in [-0.4, -0.2) is 30.8 Å². The Hall–Kier alpha value is -2.40. The van der Waals surface area contributed by atoms with Gasteiger partial charge in [0.25, 0.3) is 5.91 Å². The zero-order valence-corrected chi connectivity index (χ0v) is 15.5. The highest BCUT2D eigenvalue weighted by Gasteiger charge is 2.36. The van der Waals surface area contributed by atoms with Crippen LogP contribution in [0.25, 0.3) is 0 Å². The number of halogens is 1. The molecule has 0 saturated carbocycles. The fourth-order valence-corrected chi connectivity index (χ4v) is 3.92. The van der Waals surface area contributed by atoms with Gasteiger partial charge in [-0.3, -0.25) is 4.79 Å². The van der Waals surface area contributed by atoms with Gasteiger partial charge in [-0.15, -0.1) is 0 Å². The van der Waals surface area contributed by atoms with Crippen LogP contribution in [0.15, 0.2) is 42.5 Å². The first-order valence-corrected chi connectivity index (χ1v) is 9.46. The van der Waals surface area contributed by atoms with E-state index in [4.69, 9.17) is 9.47 Å². The Balaban J connectivity index is 1.46. The van der Waals surface area contributed by atoms with Crippen LogP contribution in [0.4, 0.5) is 4.39 Å². The Morgan fingerprint density at radius 1 is 1.22 bits per heavy atom. The molecule has 2 aliphatic rings. The first kappa shape index (κ1) is 18.0. The summed E-state index contributed by atoms with van der Waals surface area (Å²) >= 11 is 0. The maximum atomic E-state index is 14.0. The quantitative estimate of drug-likeness (QED) is 0.895. The van der Waals surface area contributed by atoms with Crippen molar-refractivity contribution in [1.82, 2.24) is 5.32 Å². The number of ether oxygens (including phenoxy) is 2. The van der Waals surface area contributed by atoms with Crippen LogP contribution in [0.2, 0.25) is 0 Å². The fourth-order valence-electron chi connectivity index (χ4n) is 3.92. The van der Waals surface area contributed by atoms with E-state index in [1.54, 1.807) is 18.2 Å². The van der Waals surface area contributed by atoms with Gasteiger partial charge < -0.3 is 14.8 Å². The number of rotatable bonds is 4. The van der Waals surface area contributed by atoms with Gasteiger partial charge in [0, 0.05) is 37.7 Å². The number of carbonyl (C=O) groups excluding carboxylic acids is 1. The van der Waals surface area contributed by atoms with E-state index in [0.29, 0.717) is 37.2 Å². The van der Waals surface area contributed by atoms with Crippen molar-refractivity contribution in [3.63, 3.8) is 0 Å². The molecule has 0 spiro atoms. The highest BCUT2D eigenvalue weighted by molar-refractivity contribution is 5.94. The Labute approximate surface area is 158 Å². The molecule has 2 aromatic carbocycles. The average molecular weight is 369 g/mol. The van der Waals surface area contributed by atoms with E-state index >= 15 is 0 Å². The van der Waals surface area contributed by atoms with Gasteiger partial charge in [0.2, 0.25) is 0 Å². The molecule has 2 heterocycles.